The van der Waals surface area contributed by atoms with Crippen molar-refractivity contribution in [1.29, 1.82) is 0 Å². The summed E-state index contributed by atoms with van der Waals surface area (Å²) in [5.41, 5.74) is 2.58. The van der Waals surface area contributed by atoms with Gasteiger partial charge in [-0.1, -0.05) is 54.4 Å². The van der Waals surface area contributed by atoms with E-state index in [1.165, 1.54) is 0 Å². The third kappa shape index (κ3) is 4.13. The maximum Gasteiger partial charge on any atom is 0.243 e. The van der Waals surface area contributed by atoms with Crippen molar-refractivity contribution in [2.24, 2.45) is 0 Å². The second-order valence-corrected chi connectivity index (χ2v) is 5.30. The van der Waals surface area contributed by atoms with E-state index >= 15 is 0 Å². The Hall–Kier alpha value is -1.71. The van der Waals surface area contributed by atoms with Gasteiger partial charge in [-0.2, -0.15) is 0 Å². The summed E-state index contributed by atoms with van der Waals surface area (Å²) in [5, 5.41) is 6.75. The molecule has 3 nitrogen and oxygen atoms in total. The van der Waals surface area contributed by atoms with Gasteiger partial charge in [0.15, 0.2) is 0 Å². The monoisotopic (exact) mass is 322 g/mol. The summed E-state index contributed by atoms with van der Waals surface area (Å²) in [7, 11) is 0. The summed E-state index contributed by atoms with van der Waals surface area (Å²) in [6, 6.07) is 13.0. The molecule has 2 rings (SSSR count). The molecule has 0 unspecified atom stereocenters. The molecule has 0 aromatic heterocycles. The first-order chi connectivity index (χ1) is 10.1. The van der Waals surface area contributed by atoms with Gasteiger partial charge in [-0.25, -0.2) is 0 Å². The highest BCUT2D eigenvalue weighted by Gasteiger charge is 2.08. The van der Waals surface area contributed by atoms with Gasteiger partial charge in [0.25, 0.3) is 0 Å². The van der Waals surface area contributed by atoms with E-state index in [1.807, 2.05) is 24.3 Å². The lowest BCUT2D eigenvalue weighted by Gasteiger charge is -2.12. The fourth-order valence-corrected chi connectivity index (χ4v) is 2.33. The number of halogens is 2. The summed E-state index contributed by atoms with van der Waals surface area (Å²) in [4.78, 5) is 12.0. The highest BCUT2D eigenvalue weighted by Crippen LogP contribution is 2.29. The molecule has 0 fully saturated rings. The van der Waals surface area contributed by atoms with Crippen molar-refractivity contribution >= 4 is 40.5 Å². The third-order valence-corrected chi connectivity index (χ3v) is 3.88. The second-order valence-electron chi connectivity index (χ2n) is 4.51. The van der Waals surface area contributed by atoms with Crippen molar-refractivity contribution in [1.82, 2.24) is 0 Å². The molecule has 0 bridgehead atoms. The van der Waals surface area contributed by atoms with Crippen LogP contribution in [-0.4, -0.2) is 12.5 Å². The molecule has 0 spiro atoms. The molecule has 5 heteroatoms. The first-order valence-electron chi connectivity index (χ1n) is 6.67. The Morgan fingerprint density at radius 3 is 2.52 bits per heavy atom. The van der Waals surface area contributed by atoms with Gasteiger partial charge in [0.1, 0.15) is 0 Å². The summed E-state index contributed by atoms with van der Waals surface area (Å²) in [6.07, 6.45) is 0.865. The minimum atomic E-state index is -0.132. The van der Waals surface area contributed by atoms with Crippen LogP contribution in [0.15, 0.2) is 42.5 Å². The van der Waals surface area contributed by atoms with Crippen molar-refractivity contribution in [3.8, 4) is 0 Å². The predicted molar refractivity (Wildman–Crippen MR) is 89.4 cm³/mol. The number of nitrogens with one attached hydrogen (secondary N) is 2. The fraction of sp³-hybridized carbons (Fsp3) is 0.188. The van der Waals surface area contributed by atoms with E-state index in [2.05, 4.69) is 17.6 Å². The van der Waals surface area contributed by atoms with Crippen LogP contribution in [0.5, 0.6) is 0 Å². The van der Waals surface area contributed by atoms with E-state index in [0.29, 0.717) is 15.7 Å². The van der Waals surface area contributed by atoms with Crippen molar-refractivity contribution in [2.75, 3.05) is 17.2 Å². The molecule has 2 N–H and O–H groups in total. The predicted octanol–water partition coefficient (Wildman–Crippen LogP) is 4.61. The first-order valence-corrected chi connectivity index (χ1v) is 7.43. The van der Waals surface area contributed by atoms with Gasteiger partial charge in [-0.15, -0.1) is 0 Å². The molecule has 0 saturated heterocycles. The van der Waals surface area contributed by atoms with Gasteiger partial charge < -0.3 is 10.6 Å². The molecule has 0 saturated carbocycles. The fourth-order valence-electron chi connectivity index (χ4n) is 1.96. The van der Waals surface area contributed by atoms with E-state index in [0.717, 1.165) is 17.7 Å². The molecule has 0 aliphatic heterocycles. The molecule has 0 aliphatic rings. The average Bonchev–Trinajstić information content (AvgIpc) is 2.49. The SMILES string of the molecule is CCc1ccccc1NC(=O)CNc1cccc(Cl)c1Cl. The zero-order valence-corrected chi connectivity index (χ0v) is 13.1. The van der Waals surface area contributed by atoms with Gasteiger partial charge in [-0.3, -0.25) is 4.79 Å². The van der Waals surface area contributed by atoms with Crippen LogP contribution in [-0.2, 0) is 11.2 Å². The number of benzene rings is 2. The number of hydrogen-bond acceptors (Lipinski definition) is 2. The summed E-state index contributed by atoms with van der Waals surface area (Å²) in [5.74, 6) is -0.132. The van der Waals surface area contributed by atoms with E-state index in [4.69, 9.17) is 23.2 Å². The van der Waals surface area contributed by atoms with Gasteiger partial charge in [0, 0.05) is 5.69 Å². The van der Waals surface area contributed by atoms with Crippen LogP contribution in [0, 0.1) is 0 Å². The Bertz CT molecular complexity index is 644. The number of carbonyl (C=O) groups is 1. The summed E-state index contributed by atoms with van der Waals surface area (Å²) in [6.45, 7) is 2.17. The minimum absolute atomic E-state index is 0.123. The smallest absolute Gasteiger partial charge is 0.243 e. The second kappa shape index (κ2) is 7.34. The molecule has 0 atom stereocenters. The first kappa shape index (κ1) is 15.7. The quantitative estimate of drug-likeness (QED) is 0.844. The Kier molecular flexibility index (Phi) is 5.48. The standard InChI is InChI=1S/C16H16Cl2N2O/c1-2-11-6-3-4-8-13(11)20-15(21)10-19-14-9-5-7-12(17)16(14)18/h3-9,19H,2,10H2,1H3,(H,20,21). The maximum atomic E-state index is 12.0. The summed E-state index contributed by atoms with van der Waals surface area (Å²) < 4.78 is 0. The van der Waals surface area contributed by atoms with Crippen molar-refractivity contribution in [3.63, 3.8) is 0 Å². The number of hydrogen-bond donors (Lipinski definition) is 2. The Morgan fingerprint density at radius 2 is 1.76 bits per heavy atom. The van der Waals surface area contributed by atoms with Crippen LogP contribution in [0.2, 0.25) is 10.0 Å². The number of amides is 1. The Labute approximate surface area is 134 Å². The van der Waals surface area contributed by atoms with Crippen molar-refractivity contribution in [3.05, 3.63) is 58.1 Å². The number of anilines is 2. The number of rotatable bonds is 5. The van der Waals surface area contributed by atoms with E-state index in [-0.39, 0.29) is 12.5 Å². The average molecular weight is 323 g/mol. The molecular formula is C16H16Cl2N2O. The lowest BCUT2D eigenvalue weighted by molar-refractivity contribution is -0.114. The molecule has 2 aromatic rings. The van der Waals surface area contributed by atoms with E-state index in [1.54, 1.807) is 18.2 Å². The lowest BCUT2D eigenvalue weighted by Crippen LogP contribution is -2.22. The molecule has 1 amide bonds. The van der Waals surface area contributed by atoms with Crippen molar-refractivity contribution < 1.29 is 4.79 Å². The van der Waals surface area contributed by atoms with Gasteiger partial charge >= 0.3 is 0 Å². The normalized spacial score (nSPS) is 10.2. The molecule has 21 heavy (non-hydrogen) atoms. The van der Waals surface area contributed by atoms with Crippen LogP contribution < -0.4 is 10.6 Å². The Morgan fingerprint density at radius 1 is 1.05 bits per heavy atom. The van der Waals surface area contributed by atoms with Crippen LogP contribution in [0.25, 0.3) is 0 Å². The molecule has 0 heterocycles. The topological polar surface area (TPSA) is 41.1 Å². The Balaban J connectivity index is 1.98. The van der Waals surface area contributed by atoms with Crippen molar-refractivity contribution in [2.45, 2.75) is 13.3 Å². The van der Waals surface area contributed by atoms with Gasteiger partial charge in [0.05, 0.1) is 22.3 Å². The highest BCUT2D eigenvalue weighted by molar-refractivity contribution is 6.43. The van der Waals surface area contributed by atoms with E-state index in [9.17, 15) is 4.79 Å². The molecule has 0 radical (unpaired) electrons. The molecule has 110 valence electrons. The maximum absolute atomic E-state index is 12.0. The highest BCUT2D eigenvalue weighted by atomic mass is 35.5. The number of aryl methyl sites for hydroxylation is 1. The van der Waals surface area contributed by atoms with E-state index < -0.39 is 0 Å². The zero-order chi connectivity index (χ0) is 15.2. The third-order valence-electron chi connectivity index (χ3n) is 3.06. The minimum Gasteiger partial charge on any atom is -0.375 e. The van der Waals surface area contributed by atoms with Crippen LogP contribution in [0.1, 0.15) is 12.5 Å². The van der Waals surface area contributed by atoms with Crippen LogP contribution in [0.3, 0.4) is 0 Å². The zero-order valence-electron chi connectivity index (χ0n) is 11.6. The molecule has 2 aromatic carbocycles. The molecular weight excluding hydrogens is 307 g/mol. The van der Waals surface area contributed by atoms with Gasteiger partial charge in [0.2, 0.25) is 5.91 Å². The van der Waals surface area contributed by atoms with Gasteiger partial charge in [-0.05, 0) is 30.2 Å². The lowest BCUT2D eigenvalue weighted by atomic mass is 10.1. The largest absolute Gasteiger partial charge is 0.375 e. The number of para-hydroxylation sites is 1. The van der Waals surface area contributed by atoms with Crippen LogP contribution >= 0.6 is 23.2 Å². The van der Waals surface area contributed by atoms with Crippen LogP contribution in [0.4, 0.5) is 11.4 Å². The summed E-state index contributed by atoms with van der Waals surface area (Å²) >= 11 is 12.0. The number of carbonyl (C=O) groups excluding carboxylic acids is 1. The molecule has 0 aliphatic carbocycles.